The van der Waals surface area contributed by atoms with Crippen LogP contribution in [-0.2, 0) is 0 Å². The van der Waals surface area contributed by atoms with Crippen LogP contribution in [0.2, 0.25) is 0 Å². The smallest absolute Gasteiger partial charge is 0.0351 e. The molecule has 4 heteroatoms. The van der Waals surface area contributed by atoms with Crippen LogP contribution in [0.1, 0.15) is 47.0 Å². The normalized spacial score (nSPS) is 29.3. The predicted molar refractivity (Wildman–Crippen MR) is 110 cm³/mol. The number of hydrogen-bond acceptors (Lipinski definition) is 4. The molecule has 0 aromatic heterocycles. The molecule has 26 heavy (non-hydrogen) atoms. The molecule has 4 fully saturated rings. The van der Waals surface area contributed by atoms with Crippen molar-refractivity contribution < 1.29 is 0 Å². The molecule has 4 nitrogen and oxygen atoms in total. The summed E-state index contributed by atoms with van der Waals surface area (Å²) in [7, 11) is 0. The number of nitrogens with zero attached hydrogens (tertiary/aromatic N) is 4. The molecule has 0 aromatic carbocycles. The van der Waals surface area contributed by atoms with Crippen LogP contribution in [0, 0.1) is 17.3 Å². The second-order valence-electron chi connectivity index (χ2n) is 10.7. The molecule has 0 radical (unpaired) electrons. The summed E-state index contributed by atoms with van der Waals surface area (Å²) in [5.41, 5.74) is 0.720. The topological polar surface area (TPSA) is 13.0 Å². The van der Waals surface area contributed by atoms with Gasteiger partial charge in [0, 0.05) is 77.5 Å². The summed E-state index contributed by atoms with van der Waals surface area (Å²) in [4.78, 5) is 10.9. The van der Waals surface area contributed by atoms with Gasteiger partial charge in [-0.15, -0.1) is 0 Å². The molecule has 0 bridgehead atoms. The van der Waals surface area contributed by atoms with Crippen LogP contribution in [0.25, 0.3) is 0 Å². The van der Waals surface area contributed by atoms with E-state index in [1.807, 2.05) is 0 Å². The Bertz CT molecular complexity index is 453. The van der Waals surface area contributed by atoms with Crippen LogP contribution < -0.4 is 0 Å². The Labute approximate surface area is 161 Å². The van der Waals surface area contributed by atoms with Crippen LogP contribution in [0.15, 0.2) is 0 Å². The van der Waals surface area contributed by atoms with Crippen LogP contribution in [0.4, 0.5) is 0 Å². The summed E-state index contributed by atoms with van der Waals surface area (Å²) in [5, 5.41) is 0. The van der Waals surface area contributed by atoms with Crippen molar-refractivity contribution in [1.82, 2.24) is 19.6 Å². The molecular weight excluding hydrogens is 320 g/mol. The molecule has 150 valence electrons. The van der Waals surface area contributed by atoms with Crippen molar-refractivity contribution in [2.45, 2.75) is 59.0 Å². The van der Waals surface area contributed by atoms with Gasteiger partial charge in [0.2, 0.25) is 0 Å². The second-order valence-corrected chi connectivity index (χ2v) is 10.7. The van der Waals surface area contributed by atoms with E-state index in [-0.39, 0.29) is 0 Å². The van der Waals surface area contributed by atoms with Crippen LogP contribution >= 0.6 is 0 Å². The van der Waals surface area contributed by atoms with Gasteiger partial charge < -0.3 is 9.80 Å². The van der Waals surface area contributed by atoms with Gasteiger partial charge in [0.25, 0.3) is 0 Å². The highest BCUT2D eigenvalue weighted by Crippen LogP contribution is 2.51. The van der Waals surface area contributed by atoms with Crippen LogP contribution in [0.5, 0.6) is 0 Å². The van der Waals surface area contributed by atoms with Crippen LogP contribution in [-0.4, -0.2) is 97.1 Å². The summed E-state index contributed by atoms with van der Waals surface area (Å²) < 4.78 is 0. The summed E-state index contributed by atoms with van der Waals surface area (Å²) in [6.45, 7) is 22.7. The lowest BCUT2D eigenvalue weighted by Gasteiger charge is -2.50. The Kier molecular flexibility index (Phi) is 5.67. The number of rotatable bonds is 8. The Balaban J connectivity index is 1.10. The van der Waals surface area contributed by atoms with Crippen molar-refractivity contribution in [3.63, 3.8) is 0 Å². The second kappa shape index (κ2) is 7.69. The van der Waals surface area contributed by atoms with Crippen LogP contribution in [0.3, 0.4) is 0 Å². The molecule has 1 saturated carbocycles. The fourth-order valence-electron chi connectivity index (χ4n) is 5.68. The maximum Gasteiger partial charge on any atom is 0.0351 e. The molecule has 0 aromatic rings. The van der Waals surface area contributed by atoms with Crippen molar-refractivity contribution in [3.8, 4) is 0 Å². The quantitative estimate of drug-likeness (QED) is 0.657. The minimum atomic E-state index is 0.720. The fourth-order valence-corrected chi connectivity index (χ4v) is 5.68. The zero-order valence-electron chi connectivity index (χ0n) is 17.8. The zero-order chi connectivity index (χ0) is 18.3. The first-order chi connectivity index (χ1) is 12.4. The van der Waals surface area contributed by atoms with E-state index in [9.17, 15) is 0 Å². The molecule has 1 aliphatic carbocycles. The predicted octanol–water partition coefficient (Wildman–Crippen LogP) is 2.45. The summed E-state index contributed by atoms with van der Waals surface area (Å²) in [6, 6.07) is 1.57. The van der Waals surface area contributed by atoms with Gasteiger partial charge in [0.05, 0.1) is 0 Å². The largest absolute Gasteiger partial charge is 0.302 e. The Morgan fingerprint density at radius 1 is 0.846 bits per heavy atom. The minimum absolute atomic E-state index is 0.720. The van der Waals surface area contributed by atoms with E-state index in [4.69, 9.17) is 0 Å². The Morgan fingerprint density at radius 2 is 1.50 bits per heavy atom. The van der Waals surface area contributed by atoms with E-state index in [2.05, 4.69) is 47.3 Å². The first-order valence-electron chi connectivity index (χ1n) is 11.4. The van der Waals surface area contributed by atoms with Crippen molar-refractivity contribution >= 4 is 0 Å². The average molecular weight is 363 g/mol. The van der Waals surface area contributed by atoms with E-state index in [1.54, 1.807) is 0 Å². The van der Waals surface area contributed by atoms with Crippen molar-refractivity contribution in [2.24, 2.45) is 17.3 Å². The third kappa shape index (κ3) is 4.45. The molecule has 0 atom stereocenters. The molecule has 0 amide bonds. The summed E-state index contributed by atoms with van der Waals surface area (Å²) in [5.74, 6) is 1.81. The molecule has 4 rings (SSSR count). The molecule has 4 aliphatic rings. The van der Waals surface area contributed by atoms with E-state index in [0.29, 0.717) is 0 Å². The van der Waals surface area contributed by atoms with Crippen molar-refractivity contribution in [2.75, 3.05) is 65.4 Å². The highest BCUT2D eigenvalue weighted by Gasteiger charge is 2.46. The monoisotopic (exact) mass is 362 g/mol. The van der Waals surface area contributed by atoms with Gasteiger partial charge in [-0.2, -0.15) is 0 Å². The Morgan fingerprint density at radius 3 is 2.04 bits per heavy atom. The highest BCUT2D eigenvalue weighted by molar-refractivity contribution is 4.99. The molecule has 3 saturated heterocycles. The van der Waals surface area contributed by atoms with E-state index >= 15 is 0 Å². The fraction of sp³-hybridized carbons (Fsp3) is 1.00. The van der Waals surface area contributed by atoms with Gasteiger partial charge in [-0.25, -0.2) is 0 Å². The lowest BCUT2D eigenvalue weighted by Crippen LogP contribution is -2.64. The molecule has 3 heterocycles. The van der Waals surface area contributed by atoms with E-state index in [0.717, 1.165) is 29.3 Å². The third-order valence-electron chi connectivity index (χ3n) is 7.45. The maximum atomic E-state index is 2.76. The maximum absolute atomic E-state index is 2.76. The molecule has 0 N–H and O–H groups in total. The van der Waals surface area contributed by atoms with Gasteiger partial charge in [-0.05, 0) is 50.4 Å². The standard InChI is InChI=1S/C22H42N4/c1-18(2)11-22(5-6-22)17-24-13-20(14-24)12-23-7-9-25(10-8-23)21-15-26(16-21)19(3)4/h18-21H,5-17H2,1-4H3. The van der Waals surface area contributed by atoms with E-state index in [1.165, 1.54) is 84.7 Å². The van der Waals surface area contributed by atoms with E-state index < -0.39 is 0 Å². The molecule has 0 unspecified atom stereocenters. The summed E-state index contributed by atoms with van der Waals surface area (Å²) in [6.07, 6.45) is 4.43. The lowest BCUT2D eigenvalue weighted by molar-refractivity contribution is -0.0197. The first kappa shape index (κ1) is 19.2. The molecule has 0 spiro atoms. The SMILES string of the molecule is CC(C)CC1(CN2CC(CN3CCN(C4CN(C(C)C)C4)CC3)C2)CC1. The number of hydrogen-bond donors (Lipinski definition) is 0. The minimum Gasteiger partial charge on any atom is -0.302 e. The first-order valence-corrected chi connectivity index (χ1v) is 11.4. The van der Waals surface area contributed by atoms with Crippen molar-refractivity contribution in [1.29, 1.82) is 0 Å². The number of likely N-dealkylation sites (tertiary alicyclic amines) is 2. The average Bonchev–Trinajstić information content (AvgIpc) is 3.23. The highest BCUT2D eigenvalue weighted by atomic mass is 15.4. The van der Waals surface area contributed by atoms with Gasteiger partial charge in [0.15, 0.2) is 0 Å². The van der Waals surface area contributed by atoms with Gasteiger partial charge in [-0.3, -0.25) is 9.80 Å². The zero-order valence-corrected chi connectivity index (χ0v) is 17.8. The number of piperazine rings is 1. The Hall–Kier alpha value is -0.160. The lowest BCUT2D eigenvalue weighted by atomic mass is 9.90. The molecular formula is C22H42N4. The van der Waals surface area contributed by atoms with Crippen molar-refractivity contribution in [3.05, 3.63) is 0 Å². The molecule has 3 aliphatic heterocycles. The third-order valence-corrected chi connectivity index (χ3v) is 7.45. The van der Waals surface area contributed by atoms with Gasteiger partial charge >= 0.3 is 0 Å². The van der Waals surface area contributed by atoms with Gasteiger partial charge in [0.1, 0.15) is 0 Å². The summed E-state index contributed by atoms with van der Waals surface area (Å²) >= 11 is 0. The van der Waals surface area contributed by atoms with Gasteiger partial charge in [-0.1, -0.05) is 13.8 Å².